The number of aryl methyl sites for hydroxylation is 1. The molecule has 0 bridgehead atoms. The number of methoxy groups -OCH3 is 1. The monoisotopic (exact) mass is 569 g/mol. The topological polar surface area (TPSA) is 124 Å². The SMILES string of the molecule is COc1cc(OCc2sc(-c3ccc(C(F)(F)F)cc3)nc2CCCS(C)(=O)=O)ccc1-c1noc(=O)[nH]1. The van der Waals surface area contributed by atoms with Gasteiger partial charge in [0.05, 0.1) is 34.6 Å². The lowest BCUT2D eigenvalue weighted by Crippen LogP contribution is -2.05. The molecule has 0 aliphatic carbocycles. The zero-order valence-electron chi connectivity index (χ0n) is 20.2. The standard InChI is InChI=1S/C24H22F3N3O6S2/c1-34-19-12-16(9-10-17(19)21-29-23(31)36-30-21)35-13-20-18(4-3-11-38(2,32)33)28-22(37-20)14-5-7-15(8-6-14)24(25,26)27/h5-10,12H,3-4,11,13H2,1-2H3,(H,29,30,31). The van der Waals surface area contributed by atoms with Crippen LogP contribution in [0.1, 0.15) is 22.6 Å². The molecule has 0 unspecified atom stereocenters. The Labute approximate surface area is 219 Å². The van der Waals surface area contributed by atoms with Crippen LogP contribution in [0.5, 0.6) is 11.5 Å². The van der Waals surface area contributed by atoms with Crippen LogP contribution in [-0.4, -0.2) is 42.7 Å². The highest BCUT2D eigenvalue weighted by atomic mass is 32.2. The molecule has 14 heteroatoms. The Bertz CT molecular complexity index is 1570. The second kappa shape index (κ2) is 11.0. The van der Waals surface area contributed by atoms with Gasteiger partial charge in [-0.1, -0.05) is 17.3 Å². The average Bonchev–Trinajstić information content (AvgIpc) is 3.47. The number of thiazole rings is 1. The third kappa shape index (κ3) is 6.81. The Morgan fingerprint density at radius 2 is 1.87 bits per heavy atom. The number of nitrogens with zero attached hydrogens (tertiary/aromatic N) is 2. The van der Waals surface area contributed by atoms with E-state index in [0.717, 1.165) is 18.4 Å². The molecule has 2 aromatic carbocycles. The normalized spacial score (nSPS) is 12.0. The van der Waals surface area contributed by atoms with Gasteiger partial charge in [-0.3, -0.25) is 9.51 Å². The molecule has 2 heterocycles. The highest BCUT2D eigenvalue weighted by Gasteiger charge is 2.30. The van der Waals surface area contributed by atoms with Crippen molar-refractivity contribution in [2.24, 2.45) is 0 Å². The summed E-state index contributed by atoms with van der Waals surface area (Å²) in [6, 6.07) is 9.57. The van der Waals surface area contributed by atoms with Crippen LogP contribution in [0.2, 0.25) is 0 Å². The van der Waals surface area contributed by atoms with Crippen LogP contribution in [0.15, 0.2) is 51.8 Å². The van der Waals surface area contributed by atoms with Crippen molar-refractivity contribution in [2.45, 2.75) is 25.6 Å². The molecule has 0 spiro atoms. The summed E-state index contributed by atoms with van der Waals surface area (Å²) in [4.78, 5) is 19.0. The molecule has 4 aromatic rings. The van der Waals surface area contributed by atoms with E-state index in [0.29, 0.717) is 51.0 Å². The molecule has 38 heavy (non-hydrogen) atoms. The van der Waals surface area contributed by atoms with Gasteiger partial charge < -0.3 is 9.47 Å². The summed E-state index contributed by atoms with van der Waals surface area (Å²) >= 11 is 1.26. The summed E-state index contributed by atoms with van der Waals surface area (Å²) in [5, 5.41) is 4.14. The third-order valence-corrected chi connectivity index (χ3v) is 7.55. The summed E-state index contributed by atoms with van der Waals surface area (Å²) in [6.45, 7) is 0.0792. The Kier molecular flexibility index (Phi) is 7.92. The van der Waals surface area contributed by atoms with Crippen molar-refractivity contribution in [1.82, 2.24) is 15.1 Å². The number of rotatable bonds is 10. The Balaban J connectivity index is 1.57. The van der Waals surface area contributed by atoms with E-state index in [2.05, 4.69) is 19.6 Å². The van der Waals surface area contributed by atoms with Gasteiger partial charge >= 0.3 is 11.9 Å². The highest BCUT2D eigenvalue weighted by molar-refractivity contribution is 7.90. The van der Waals surface area contributed by atoms with Gasteiger partial charge in [0.1, 0.15) is 33.0 Å². The number of hydrogen-bond donors (Lipinski definition) is 1. The number of aromatic nitrogens is 3. The largest absolute Gasteiger partial charge is 0.496 e. The number of alkyl halides is 3. The first-order chi connectivity index (χ1) is 17.9. The van der Waals surface area contributed by atoms with Crippen molar-refractivity contribution >= 4 is 21.2 Å². The average molecular weight is 570 g/mol. The molecular formula is C24H22F3N3O6S2. The first-order valence-electron chi connectivity index (χ1n) is 11.1. The Morgan fingerprint density at radius 3 is 2.47 bits per heavy atom. The first kappa shape index (κ1) is 27.4. The molecule has 0 aliphatic heterocycles. The van der Waals surface area contributed by atoms with E-state index < -0.39 is 27.3 Å². The van der Waals surface area contributed by atoms with Crippen LogP contribution >= 0.6 is 11.3 Å². The lowest BCUT2D eigenvalue weighted by molar-refractivity contribution is -0.137. The van der Waals surface area contributed by atoms with E-state index in [1.54, 1.807) is 18.2 Å². The third-order valence-electron chi connectivity index (χ3n) is 5.40. The number of halogens is 3. The number of benzene rings is 2. The maximum absolute atomic E-state index is 13.0. The molecule has 0 amide bonds. The number of nitrogens with one attached hydrogen (secondary N) is 1. The number of hydrogen-bond acceptors (Lipinski definition) is 9. The van der Waals surface area contributed by atoms with Gasteiger partial charge in [-0.15, -0.1) is 11.3 Å². The van der Waals surface area contributed by atoms with E-state index in [1.807, 2.05) is 0 Å². The predicted octanol–water partition coefficient (Wildman–Crippen LogP) is 4.74. The number of sulfone groups is 1. The molecule has 202 valence electrons. The van der Waals surface area contributed by atoms with E-state index in [-0.39, 0.29) is 18.2 Å². The first-order valence-corrected chi connectivity index (χ1v) is 14.0. The van der Waals surface area contributed by atoms with Gasteiger partial charge in [0.25, 0.3) is 0 Å². The number of aromatic amines is 1. The minimum atomic E-state index is -4.45. The quantitative estimate of drug-likeness (QED) is 0.291. The fourth-order valence-corrected chi connectivity index (χ4v) is 5.27. The van der Waals surface area contributed by atoms with E-state index in [1.165, 1.54) is 30.6 Å². The highest BCUT2D eigenvalue weighted by Crippen LogP contribution is 2.35. The van der Waals surface area contributed by atoms with Crippen molar-refractivity contribution in [3.8, 4) is 33.5 Å². The van der Waals surface area contributed by atoms with Gasteiger partial charge in [-0.2, -0.15) is 13.2 Å². The van der Waals surface area contributed by atoms with E-state index in [9.17, 15) is 26.4 Å². The molecule has 2 aromatic heterocycles. The van der Waals surface area contributed by atoms with Gasteiger partial charge in [0.2, 0.25) is 0 Å². The second-order valence-electron chi connectivity index (χ2n) is 8.29. The molecule has 0 radical (unpaired) electrons. The summed E-state index contributed by atoms with van der Waals surface area (Å²) in [5.74, 6) is 0.261. The minimum absolute atomic E-state index is 0.0246. The Hall–Kier alpha value is -3.65. The molecule has 0 aliphatic rings. The lowest BCUT2D eigenvalue weighted by Gasteiger charge is -2.10. The van der Waals surface area contributed by atoms with Crippen molar-refractivity contribution in [1.29, 1.82) is 0 Å². The van der Waals surface area contributed by atoms with Crippen molar-refractivity contribution < 1.29 is 35.6 Å². The zero-order valence-corrected chi connectivity index (χ0v) is 21.8. The van der Waals surface area contributed by atoms with Crippen LogP contribution in [0, 0.1) is 0 Å². The predicted molar refractivity (Wildman–Crippen MR) is 134 cm³/mol. The van der Waals surface area contributed by atoms with Gasteiger partial charge in [-0.25, -0.2) is 18.2 Å². The molecule has 9 nitrogen and oxygen atoms in total. The fraction of sp³-hybridized carbons (Fsp3) is 0.292. The van der Waals surface area contributed by atoms with E-state index >= 15 is 0 Å². The zero-order chi connectivity index (χ0) is 27.5. The van der Waals surface area contributed by atoms with E-state index in [4.69, 9.17) is 9.47 Å². The second-order valence-corrected chi connectivity index (χ2v) is 11.6. The van der Waals surface area contributed by atoms with Gasteiger partial charge in [-0.05, 0) is 37.1 Å². The minimum Gasteiger partial charge on any atom is -0.496 e. The summed E-state index contributed by atoms with van der Waals surface area (Å²) < 4.78 is 77.9. The maximum atomic E-state index is 13.0. The summed E-state index contributed by atoms with van der Waals surface area (Å²) in [6.07, 6.45) is -2.61. The number of H-pyrrole nitrogens is 1. The molecule has 0 saturated carbocycles. The lowest BCUT2D eigenvalue weighted by atomic mass is 10.1. The van der Waals surface area contributed by atoms with Crippen LogP contribution in [0.3, 0.4) is 0 Å². The van der Waals surface area contributed by atoms with Crippen molar-refractivity contribution in [3.05, 3.63) is 69.1 Å². The van der Waals surface area contributed by atoms with Crippen LogP contribution < -0.4 is 15.2 Å². The summed E-state index contributed by atoms with van der Waals surface area (Å²) in [5.41, 5.74) is 0.833. The summed E-state index contributed by atoms with van der Waals surface area (Å²) in [7, 11) is -1.73. The fourth-order valence-electron chi connectivity index (χ4n) is 3.57. The van der Waals surface area contributed by atoms with Gasteiger partial charge in [0.15, 0.2) is 5.82 Å². The molecule has 0 atom stereocenters. The molecule has 1 N–H and O–H groups in total. The van der Waals surface area contributed by atoms with Crippen molar-refractivity contribution in [2.75, 3.05) is 19.1 Å². The number of ether oxygens (including phenoxy) is 2. The molecule has 4 rings (SSSR count). The van der Waals surface area contributed by atoms with Gasteiger partial charge in [0, 0.05) is 17.9 Å². The maximum Gasteiger partial charge on any atom is 0.439 e. The van der Waals surface area contributed by atoms with Crippen molar-refractivity contribution in [3.63, 3.8) is 0 Å². The van der Waals surface area contributed by atoms with Crippen LogP contribution in [-0.2, 0) is 29.0 Å². The molecule has 0 fully saturated rings. The van der Waals surface area contributed by atoms with Crippen LogP contribution in [0.4, 0.5) is 13.2 Å². The smallest absolute Gasteiger partial charge is 0.439 e. The molecule has 0 saturated heterocycles. The Morgan fingerprint density at radius 1 is 1.13 bits per heavy atom. The van der Waals surface area contributed by atoms with Crippen LogP contribution in [0.25, 0.3) is 22.0 Å². The molecular weight excluding hydrogens is 547 g/mol.